The Morgan fingerprint density at radius 2 is 1.67 bits per heavy atom. The maximum absolute atomic E-state index is 12.8. The first kappa shape index (κ1) is 8.17. The van der Waals surface area contributed by atoms with Crippen molar-refractivity contribution < 1.29 is 8.78 Å². The minimum atomic E-state index is -2.58. The summed E-state index contributed by atoms with van der Waals surface area (Å²) in [5, 5.41) is 0. The first-order chi connectivity index (χ1) is 5.56. The van der Waals surface area contributed by atoms with Gasteiger partial charge in [-0.3, -0.25) is 0 Å². The van der Waals surface area contributed by atoms with E-state index in [2.05, 4.69) is 15.9 Å². The van der Waals surface area contributed by atoms with Gasteiger partial charge in [-0.25, -0.2) is 8.78 Å². The molecule has 1 fully saturated rings. The molecule has 0 aliphatic heterocycles. The zero-order chi connectivity index (χ0) is 8.82. The van der Waals surface area contributed by atoms with E-state index in [1.54, 1.807) is 24.3 Å². The van der Waals surface area contributed by atoms with Gasteiger partial charge in [0.05, 0.1) is 0 Å². The smallest absolute Gasteiger partial charge is 0.205 e. The third-order valence-corrected chi connectivity index (χ3v) is 3.47. The van der Waals surface area contributed by atoms with Crippen LogP contribution in [0.1, 0.15) is 12.0 Å². The average molecular weight is 233 g/mol. The van der Waals surface area contributed by atoms with Crippen molar-refractivity contribution in [2.75, 3.05) is 0 Å². The summed E-state index contributed by atoms with van der Waals surface area (Å²) in [6, 6.07) is 8.80. The fourth-order valence-electron chi connectivity index (χ4n) is 1.28. The van der Waals surface area contributed by atoms with Crippen molar-refractivity contribution in [3.8, 4) is 0 Å². The van der Waals surface area contributed by atoms with Crippen LogP contribution in [0, 0.1) is 0 Å². The summed E-state index contributed by atoms with van der Waals surface area (Å²) in [6.45, 7) is 0. The molecule has 3 heteroatoms. The van der Waals surface area contributed by atoms with E-state index in [-0.39, 0.29) is 6.42 Å². The summed E-state index contributed by atoms with van der Waals surface area (Å²) in [6.07, 6.45) is -0.0932. The molecule has 1 aliphatic carbocycles. The summed E-state index contributed by atoms with van der Waals surface area (Å²) >= 11 is 3.07. The molecule has 1 aromatic rings. The molecule has 0 N–H and O–H groups in total. The van der Waals surface area contributed by atoms with Gasteiger partial charge < -0.3 is 0 Å². The SMILES string of the molecule is FC1(F)C[C@@]1(Br)c1ccccc1. The maximum atomic E-state index is 12.8. The molecule has 0 aromatic heterocycles. The minimum absolute atomic E-state index is 0.0932. The van der Waals surface area contributed by atoms with E-state index < -0.39 is 10.2 Å². The van der Waals surface area contributed by atoms with Crippen molar-refractivity contribution in [3.05, 3.63) is 35.9 Å². The predicted octanol–water partition coefficient (Wildman–Crippen LogP) is 3.32. The fraction of sp³-hybridized carbons (Fsp3) is 0.333. The molecule has 0 radical (unpaired) electrons. The van der Waals surface area contributed by atoms with Crippen LogP contribution in [-0.2, 0) is 4.32 Å². The van der Waals surface area contributed by atoms with E-state index >= 15 is 0 Å². The predicted molar refractivity (Wildman–Crippen MR) is 46.6 cm³/mol. The average Bonchev–Trinajstić information content (AvgIpc) is 2.55. The standard InChI is InChI=1S/C9H7BrF2/c10-8(6-9(8,11)12)7-4-2-1-3-5-7/h1-5H,6H2/t8-/m1/s1. The van der Waals surface area contributed by atoms with E-state index in [1.807, 2.05) is 6.07 Å². The lowest BCUT2D eigenvalue weighted by Crippen LogP contribution is -2.07. The van der Waals surface area contributed by atoms with Gasteiger partial charge in [0.15, 0.2) is 0 Å². The number of halogens is 3. The number of hydrogen-bond acceptors (Lipinski definition) is 0. The Labute approximate surface area is 77.7 Å². The third-order valence-electron chi connectivity index (χ3n) is 2.15. The largest absolute Gasteiger partial charge is 0.269 e. The monoisotopic (exact) mass is 232 g/mol. The lowest BCUT2D eigenvalue weighted by atomic mass is 10.1. The van der Waals surface area contributed by atoms with Gasteiger partial charge in [0, 0.05) is 6.42 Å². The normalized spacial score (nSPS) is 31.6. The van der Waals surface area contributed by atoms with Gasteiger partial charge in [-0.1, -0.05) is 46.3 Å². The molecule has 12 heavy (non-hydrogen) atoms. The van der Waals surface area contributed by atoms with Crippen LogP contribution < -0.4 is 0 Å². The van der Waals surface area contributed by atoms with Crippen molar-refractivity contribution in [1.82, 2.24) is 0 Å². The Balaban J connectivity index is 2.35. The molecule has 0 amide bonds. The third kappa shape index (κ3) is 0.993. The summed E-state index contributed by atoms with van der Waals surface area (Å²) in [4.78, 5) is 0. The van der Waals surface area contributed by atoms with Crippen LogP contribution in [0.3, 0.4) is 0 Å². The van der Waals surface area contributed by atoms with Gasteiger partial charge in [-0.05, 0) is 5.56 Å². The summed E-state index contributed by atoms with van der Waals surface area (Å²) in [5.74, 6) is -2.58. The molecular formula is C9H7BrF2. The van der Waals surface area contributed by atoms with Crippen LogP contribution in [0.25, 0.3) is 0 Å². The lowest BCUT2D eigenvalue weighted by molar-refractivity contribution is 0.107. The quantitative estimate of drug-likeness (QED) is 0.652. The topological polar surface area (TPSA) is 0 Å². The first-order valence-electron chi connectivity index (χ1n) is 3.68. The van der Waals surface area contributed by atoms with E-state index in [4.69, 9.17) is 0 Å². The highest BCUT2D eigenvalue weighted by Crippen LogP contribution is 2.65. The van der Waals surface area contributed by atoms with E-state index in [0.29, 0.717) is 5.56 Å². The van der Waals surface area contributed by atoms with Crippen LogP contribution in [0.4, 0.5) is 8.78 Å². The molecule has 1 aliphatic rings. The second kappa shape index (κ2) is 2.28. The summed E-state index contributed by atoms with van der Waals surface area (Å²) in [5.41, 5.74) is 0.662. The highest BCUT2D eigenvalue weighted by molar-refractivity contribution is 9.10. The van der Waals surface area contributed by atoms with E-state index in [0.717, 1.165) is 0 Å². The van der Waals surface area contributed by atoms with E-state index in [1.165, 1.54) is 0 Å². The molecule has 0 bridgehead atoms. The molecule has 1 atom stereocenters. The summed E-state index contributed by atoms with van der Waals surface area (Å²) in [7, 11) is 0. The maximum Gasteiger partial charge on any atom is 0.269 e. The molecule has 1 aromatic carbocycles. The Morgan fingerprint density at radius 1 is 1.17 bits per heavy atom. The zero-order valence-electron chi connectivity index (χ0n) is 6.23. The van der Waals surface area contributed by atoms with Gasteiger partial charge in [-0.15, -0.1) is 0 Å². The van der Waals surface area contributed by atoms with Gasteiger partial charge in [0.25, 0.3) is 5.92 Å². The molecule has 64 valence electrons. The van der Waals surface area contributed by atoms with Crippen LogP contribution in [0.5, 0.6) is 0 Å². The van der Waals surface area contributed by atoms with Crippen molar-refractivity contribution in [3.63, 3.8) is 0 Å². The zero-order valence-corrected chi connectivity index (χ0v) is 7.81. The summed E-state index contributed by atoms with van der Waals surface area (Å²) < 4.78 is 24.6. The second-order valence-corrected chi connectivity index (χ2v) is 4.40. The Bertz CT molecular complexity index is 297. The van der Waals surface area contributed by atoms with Crippen LogP contribution in [0.15, 0.2) is 30.3 Å². The van der Waals surface area contributed by atoms with Gasteiger partial charge in [0.1, 0.15) is 4.32 Å². The minimum Gasteiger partial charge on any atom is -0.205 e. The van der Waals surface area contributed by atoms with Crippen molar-refractivity contribution in [2.24, 2.45) is 0 Å². The van der Waals surface area contributed by atoms with Gasteiger partial charge in [-0.2, -0.15) is 0 Å². The first-order valence-corrected chi connectivity index (χ1v) is 4.48. The van der Waals surface area contributed by atoms with Crippen LogP contribution >= 0.6 is 15.9 Å². The molecule has 0 nitrogen and oxygen atoms in total. The van der Waals surface area contributed by atoms with Gasteiger partial charge in [0.2, 0.25) is 0 Å². The molecule has 0 saturated heterocycles. The Kier molecular flexibility index (Phi) is 1.55. The number of benzene rings is 1. The molecule has 0 spiro atoms. The molecule has 2 rings (SSSR count). The number of rotatable bonds is 1. The Morgan fingerprint density at radius 3 is 2.08 bits per heavy atom. The van der Waals surface area contributed by atoms with Crippen molar-refractivity contribution >= 4 is 15.9 Å². The number of alkyl halides is 3. The highest BCUT2D eigenvalue weighted by atomic mass is 79.9. The lowest BCUT2D eigenvalue weighted by Gasteiger charge is -2.07. The fourth-order valence-corrected chi connectivity index (χ4v) is 1.89. The molecule has 0 heterocycles. The molecule has 1 saturated carbocycles. The van der Waals surface area contributed by atoms with Crippen LogP contribution in [-0.4, -0.2) is 5.92 Å². The highest BCUT2D eigenvalue weighted by Gasteiger charge is 2.70. The van der Waals surface area contributed by atoms with Crippen molar-refractivity contribution in [2.45, 2.75) is 16.7 Å². The van der Waals surface area contributed by atoms with E-state index in [9.17, 15) is 8.78 Å². The van der Waals surface area contributed by atoms with Crippen LogP contribution in [0.2, 0.25) is 0 Å². The molecular weight excluding hydrogens is 226 g/mol. The Hall–Kier alpha value is -0.440. The van der Waals surface area contributed by atoms with Crippen molar-refractivity contribution in [1.29, 1.82) is 0 Å². The molecule has 0 unspecified atom stereocenters. The van der Waals surface area contributed by atoms with Gasteiger partial charge >= 0.3 is 0 Å². The second-order valence-electron chi connectivity index (χ2n) is 3.05. The number of hydrogen-bond donors (Lipinski definition) is 0.